The number of pyridine rings is 1. The van der Waals surface area contributed by atoms with E-state index in [-0.39, 0.29) is 0 Å². The summed E-state index contributed by atoms with van der Waals surface area (Å²) >= 11 is 2.23. The molecule has 2 aromatic rings. The van der Waals surface area contributed by atoms with E-state index in [1.807, 2.05) is 6.20 Å². The molecule has 0 radical (unpaired) electrons. The van der Waals surface area contributed by atoms with Gasteiger partial charge in [-0.25, -0.2) is 4.98 Å². The van der Waals surface area contributed by atoms with Crippen molar-refractivity contribution in [3.63, 3.8) is 0 Å². The predicted molar refractivity (Wildman–Crippen MR) is 57.4 cm³/mol. The van der Waals surface area contributed by atoms with Crippen LogP contribution in [0.15, 0.2) is 18.3 Å². The number of imidazole rings is 1. The first kappa shape index (κ1) is 8.04. The van der Waals surface area contributed by atoms with Crippen LogP contribution in [0.2, 0.25) is 0 Å². The van der Waals surface area contributed by atoms with E-state index in [4.69, 9.17) is 0 Å². The van der Waals surface area contributed by atoms with Crippen molar-refractivity contribution < 1.29 is 0 Å². The van der Waals surface area contributed by atoms with Crippen molar-refractivity contribution >= 4 is 28.2 Å². The maximum absolute atomic E-state index is 4.38. The minimum atomic E-state index is 1.04. The van der Waals surface area contributed by atoms with Gasteiger partial charge < -0.3 is 4.40 Å². The molecule has 0 aliphatic heterocycles. The largest absolute Gasteiger partial charge is 0.303 e. The number of nitrogens with zero attached hydrogens (tertiary/aromatic N) is 2. The Morgan fingerprint density at radius 1 is 1.33 bits per heavy atom. The summed E-state index contributed by atoms with van der Waals surface area (Å²) in [5, 5.41) is 0. The highest BCUT2D eigenvalue weighted by Crippen LogP contribution is 2.12. The number of hydrogen-bond acceptors (Lipinski definition) is 1. The Balaban J connectivity index is 2.88. The Morgan fingerprint density at radius 2 is 2.08 bits per heavy atom. The van der Waals surface area contributed by atoms with Gasteiger partial charge in [-0.1, -0.05) is 0 Å². The summed E-state index contributed by atoms with van der Waals surface area (Å²) in [7, 11) is 0. The summed E-state index contributed by atoms with van der Waals surface area (Å²) < 4.78 is 3.15. The molecule has 0 spiro atoms. The molecule has 62 valence electrons. The average Bonchev–Trinajstić information content (AvgIpc) is 2.29. The lowest BCUT2D eigenvalue weighted by atomic mass is 10.2. The SMILES string of the molecule is Cc1cc(C)n2cc(I)nc2c1. The Hall–Kier alpha value is -0.580. The highest BCUT2D eigenvalue weighted by atomic mass is 127. The monoisotopic (exact) mass is 272 g/mol. The zero-order valence-electron chi connectivity index (χ0n) is 7.00. The van der Waals surface area contributed by atoms with E-state index >= 15 is 0 Å². The van der Waals surface area contributed by atoms with Crippen molar-refractivity contribution in [2.75, 3.05) is 0 Å². The second-order valence-corrected chi connectivity index (χ2v) is 4.07. The lowest BCUT2D eigenvalue weighted by Crippen LogP contribution is -1.89. The first-order valence-corrected chi connectivity index (χ1v) is 4.86. The molecule has 2 rings (SSSR count). The zero-order valence-corrected chi connectivity index (χ0v) is 9.16. The Morgan fingerprint density at radius 3 is 2.83 bits per heavy atom. The van der Waals surface area contributed by atoms with Gasteiger partial charge in [-0.05, 0) is 54.1 Å². The number of rotatable bonds is 0. The van der Waals surface area contributed by atoms with Crippen molar-refractivity contribution in [2.45, 2.75) is 13.8 Å². The zero-order chi connectivity index (χ0) is 8.72. The fourth-order valence-corrected chi connectivity index (χ4v) is 1.92. The highest BCUT2D eigenvalue weighted by Gasteiger charge is 2.00. The van der Waals surface area contributed by atoms with E-state index in [0.717, 1.165) is 9.35 Å². The van der Waals surface area contributed by atoms with Gasteiger partial charge >= 0.3 is 0 Å². The number of aryl methyl sites for hydroxylation is 2. The van der Waals surface area contributed by atoms with Crippen LogP contribution in [0.4, 0.5) is 0 Å². The van der Waals surface area contributed by atoms with Gasteiger partial charge in [0.2, 0.25) is 0 Å². The summed E-state index contributed by atoms with van der Waals surface area (Å²) in [5.41, 5.74) is 3.54. The Kier molecular flexibility index (Phi) is 1.83. The van der Waals surface area contributed by atoms with E-state index in [0.29, 0.717) is 0 Å². The molecule has 3 heteroatoms. The molecule has 2 aromatic heterocycles. The molecule has 0 N–H and O–H groups in total. The summed E-state index contributed by atoms with van der Waals surface area (Å²) in [5.74, 6) is 0. The smallest absolute Gasteiger partial charge is 0.138 e. The second kappa shape index (κ2) is 2.73. The summed E-state index contributed by atoms with van der Waals surface area (Å²) in [6, 6.07) is 4.25. The number of halogens is 1. The van der Waals surface area contributed by atoms with Gasteiger partial charge in [-0.15, -0.1) is 0 Å². The second-order valence-electron chi connectivity index (χ2n) is 2.97. The van der Waals surface area contributed by atoms with Crippen molar-refractivity contribution in [3.8, 4) is 0 Å². The predicted octanol–water partition coefficient (Wildman–Crippen LogP) is 2.56. The first-order chi connectivity index (χ1) is 5.66. The standard InChI is InChI=1S/C9H9IN2/c1-6-3-7(2)12-5-8(10)11-9(12)4-6/h3-5H,1-2H3. The summed E-state index contributed by atoms with van der Waals surface area (Å²) in [6.07, 6.45) is 2.05. The van der Waals surface area contributed by atoms with E-state index in [9.17, 15) is 0 Å². The van der Waals surface area contributed by atoms with Gasteiger partial charge in [0.25, 0.3) is 0 Å². The lowest BCUT2D eigenvalue weighted by Gasteiger charge is -1.99. The van der Waals surface area contributed by atoms with Crippen molar-refractivity contribution in [3.05, 3.63) is 33.3 Å². The minimum absolute atomic E-state index is 1.04. The maximum Gasteiger partial charge on any atom is 0.138 e. The summed E-state index contributed by atoms with van der Waals surface area (Å²) in [4.78, 5) is 4.38. The highest BCUT2D eigenvalue weighted by molar-refractivity contribution is 14.1. The van der Waals surface area contributed by atoms with Crippen LogP contribution in [0.3, 0.4) is 0 Å². The summed E-state index contributed by atoms with van der Waals surface area (Å²) in [6.45, 7) is 4.19. The van der Waals surface area contributed by atoms with Crippen molar-refractivity contribution in [1.29, 1.82) is 0 Å². The number of fused-ring (bicyclic) bond motifs is 1. The molecule has 0 aromatic carbocycles. The topological polar surface area (TPSA) is 17.3 Å². The van der Waals surface area contributed by atoms with Crippen LogP contribution >= 0.6 is 22.6 Å². The van der Waals surface area contributed by atoms with Crippen LogP contribution in [-0.2, 0) is 0 Å². The van der Waals surface area contributed by atoms with Gasteiger partial charge in [0.15, 0.2) is 0 Å². The van der Waals surface area contributed by atoms with Gasteiger partial charge in [0, 0.05) is 11.9 Å². The van der Waals surface area contributed by atoms with Crippen molar-refractivity contribution in [1.82, 2.24) is 9.38 Å². The van der Waals surface area contributed by atoms with Crippen LogP contribution in [0.5, 0.6) is 0 Å². The molecular weight excluding hydrogens is 263 g/mol. The normalized spacial score (nSPS) is 10.9. The first-order valence-electron chi connectivity index (χ1n) is 3.78. The molecule has 0 saturated carbocycles. The molecule has 0 atom stereocenters. The van der Waals surface area contributed by atoms with Gasteiger partial charge in [-0.3, -0.25) is 0 Å². The van der Waals surface area contributed by atoms with E-state index in [2.05, 4.69) is 58.0 Å². The molecule has 0 aliphatic carbocycles. The van der Waals surface area contributed by atoms with Crippen molar-refractivity contribution in [2.24, 2.45) is 0 Å². The molecule has 2 heterocycles. The van der Waals surface area contributed by atoms with E-state index in [1.165, 1.54) is 11.3 Å². The minimum Gasteiger partial charge on any atom is -0.303 e. The van der Waals surface area contributed by atoms with Crippen LogP contribution in [0.1, 0.15) is 11.3 Å². The maximum atomic E-state index is 4.38. The van der Waals surface area contributed by atoms with Crippen LogP contribution in [0.25, 0.3) is 5.65 Å². The molecular formula is C9H9IN2. The lowest BCUT2D eigenvalue weighted by molar-refractivity contribution is 1.08. The van der Waals surface area contributed by atoms with Crippen LogP contribution in [0, 0.1) is 17.5 Å². The molecule has 0 unspecified atom stereocenters. The number of hydrogen-bond donors (Lipinski definition) is 0. The Labute approximate surface area is 84.8 Å². The van der Waals surface area contributed by atoms with Crippen LogP contribution < -0.4 is 0 Å². The van der Waals surface area contributed by atoms with Gasteiger partial charge in [-0.2, -0.15) is 0 Å². The molecule has 0 aliphatic rings. The van der Waals surface area contributed by atoms with Gasteiger partial charge in [0.1, 0.15) is 9.35 Å². The third-order valence-electron chi connectivity index (χ3n) is 1.88. The van der Waals surface area contributed by atoms with E-state index < -0.39 is 0 Å². The number of aromatic nitrogens is 2. The third kappa shape index (κ3) is 1.22. The fraction of sp³-hybridized carbons (Fsp3) is 0.222. The molecule has 0 fully saturated rings. The van der Waals surface area contributed by atoms with E-state index in [1.54, 1.807) is 0 Å². The molecule has 2 nitrogen and oxygen atoms in total. The third-order valence-corrected chi connectivity index (χ3v) is 2.40. The average molecular weight is 272 g/mol. The quantitative estimate of drug-likeness (QED) is 0.674. The van der Waals surface area contributed by atoms with Crippen LogP contribution in [-0.4, -0.2) is 9.38 Å². The molecule has 0 saturated heterocycles. The Bertz CT molecular complexity index is 431. The molecule has 0 bridgehead atoms. The molecule has 0 amide bonds. The molecule has 12 heavy (non-hydrogen) atoms. The van der Waals surface area contributed by atoms with Gasteiger partial charge in [0.05, 0.1) is 0 Å². The fourth-order valence-electron chi connectivity index (χ4n) is 1.39.